The molecule has 1 N–H and O–H groups in total. The molecular weight excluding hydrogens is 324 g/mol. The van der Waals surface area contributed by atoms with E-state index in [1.807, 2.05) is 24.3 Å². The van der Waals surface area contributed by atoms with E-state index >= 15 is 0 Å². The molecule has 1 saturated heterocycles. The Hall–Kier alpha value is -1.68. The summed E-state index contributed by atoms with van der Waals surface area (Å²) in [6, 6.07) is 7.49. The van der Waals surface area contributed by atoms with Crippen molar-refractivity contribution in [1.29, 1.82) is 0 Å². The second-order valence-corrected chi connectivity index (χ2v) is 9.19. The van der Waals surface area contributed by atoms with Gasteiger partial charge in [0.25, 0.3) is 5.91 Å². The van der Waals surface area contributed by atoms with E-state index in [2.05, 4.69) is 12.2 Å². The number of amides is 2. The van der Waals surface area contributed by atoms with Gasteiger partial charge in [0, 0.05) is 5.54 Å². The van der Waals surface area contributed by atoms with Crippen molar-refractivity contribution in [1.82, 2.24) is 5.32 Å². The monoisotopic (exact) mass is 352 g/mol. The number of rotatable bonds is 4. The highest BCUT2D eigenvalue weighted by molar-refractivity contribution is 6.22. The van der Waals surface area contributed by atoms with E-state index in [9.17, 15) is 9.59 Å². The van der Waals surface area contributed by atoms with Gasteiger partial charge in [0.2, 0.25) is 5.91 Å². The minimum absolute atomic E-state index is 0.0602. The Kier molecular flexibility index (Phi) is 3.75. The van der Waals surface area contributed by atoms with Crippen molar-refractivity contribution >= 4 is 17.5 Å². The van der Waals surface area contributed by atoms with Gasteiger partial charge in [-0.1, -0.05) is 19.1 Å². The number of benzene rings is 1. The Morgan fingerprint density at radius 3 is 2.12 bits per heavy atom. The van der Waals surface area contributed by atoms with E-state index in [0.29, 0.717) is 12.1 Å². The molecule has 1 aliphatic heterocycles. The van der Waals surface area contributed by atoms with Crippen LogP contribution in [-0.2, 0) is 16.0 Å². The van der Waals surface area contributed by atoms with E-state index in [1.54, 1.807) is 0 Å². The van der Waals surface area contributed by atoms with Crippen LogP contribution >= 0.6 is 0 Å². The van der Waals surface area contributed by atoms with Gasteiger partial charge in [0.15, 0.2) is 0 Å². The van der Waals surface area contributed by atoms with E-state index < -0.39 is 0 Å². The Balaban J connectivity index is 1.35. The van der Waals surface area contributed by atoms with E-state index in [-0.39, 0.29) is 23.4 Å². The third kappa shape index (κ3) is 2.61. The molecule has 5 aliphatic rings. The fourth-order valence-electron chi connectivity index (χ4n) is 6.55. The smallest absolute Gasteiger partial charge is 0.251 e. The number of nitrogens with one attached hydrogen (secondary N) is 1. The third-order valence-electron chi connectivity index (χ3n) is 7.27. The Morgan fingerprint density at radius 2 is 1.58 bits per heavy atom. The number of carbonyl (C=O) groups excluding carboxylic acids is 2. The number of nitrogens with zero attached hydrogens (tertiary/aromatic N) is 1. The van der Waals surface area contributed by atoms with Crippen LogP contribution in [0.3, 0.4) is 0 Å². The van der Waals surface area contributed by atoms with Crippen molar-refractivity contribution in [2.24, 2.45) is 17.8 Å². The molecule has 5 fully saturated rings. The SMILES string of the molecule is CCc1ccc(N2C(=O)C[C@H](NC34CC5CC(CC(C5)C3)C4)C2=O)cc1. The summed E-state index contributed by atoms with van der Waals surface area (Å²) in [6.45, 7) is 2.10. The fraction of sp³-hybridized carbons (Fsp3) is 0.636. The summed E-state index contributed by atoms with van der Waals surface area (Å²) in [7, 11) is 0. The van der Waals surface area contributed by atoms with Gasteiger partial charge in [-0.2, -0.15) is 0 Å². The minimum Gasteiger partial charge on any atom is -0.300 e. The number of carbonyl (C=O) groups is 2. The maximum atomic E-state index is 13.0. The predicted octanol–water partition coefficient (Wildman–Crippen LogP) is 3.44. The van der Waals surface area contributed by atoms with Crippen LogP contribution in [0.15, 0.2) is 24.3 Å². The van der Waals surface area contributed by atoms with Crippen LogP contribution < -0.4 is 10.2 Å². The van der Waals surface area contributed by atoms with Gasteiger partial charge in [-0.15, -0.1) is 0 Å². The first-order chi connectivity index (χ1) is 12.5. The normalized spacial score (nSPS) is 38.4. The molecule has 1 atom stereocenters. The average molecular weight is 352 g/mol. The maximum absolute atomic E-state index is 13.0. The van der Waals surface area contributed by atoms with Gasteiger partial charge >= 0.3 is 0 Å². The highest BCUT2D eigenvalue weighted by Gasteiger charge is 2.53. The second-order valence-electron chi connectivity index (χ2n) is 9.19. The molecule has 4 saturated carbocycles. The topological polar surface area (TPSA) is 49.4 Å². The van der Waals surface area contributed by atoms with Crippen molar-refractivity contribution in [3.63, 3.8) is 0 Å². The standard InChI is InChI=1S/C22H28N2O2/c1-2-14-3-5-18(6-4-14)24-20(25)10-19(21(24)26)23-22-11-15-7-16(12-22)9-17(8-15)13-22/h3-6,15-17,19,23H,2,7-13H2,1H3/t15?,16?,17?,19-,22?/m0/s1. The lowest BCUT2D eigenvalue weighted by Gasteiger charge is -2.57. The van der Waals surface area contributed by atoms with Crippen LogP contribution in [0.2, 0.25) is 0 Å². The Bertz CT molecular complexity index is 704. The molecule has 0 unspecified atom stereocenters. The van der Waals surface area contributed by atoms with Gasteiger partial charge in [0.1, 0.15) is 0 Å². The minimum atomic E-state index is -0.343. The average Bonchev–Trinajstić information content (AvgIpc) is 2.87. The Morgan fingerprint density at radius 1 is 1.00 bits per heavy atom. The van der Waals surface area contributed by atoms with Crippen molar-refractivity contribution in [3.05, 3.63) is 29.8 Å². The molecule has 1 aromatic carbocycles. The summed E-state index contributed by atoms with van der Waals surface area (Å²) >= 11 is 0. The summed E-state index contributed by atoms with van der Waals surface area (Å²) in [4.78, 5) is 27.0. The maximum Gasteiger partial charge on any atom is 0.251 e. The first kappa shape index (κ1) is 16.5. The lowest BCUT2D eigenvalue weighted by Crippen LogP contribution is -2.61. The van der Waals surface area contributed by atoms with E-state index in [4.69, 9.17) is 0 Å². The summed E-state index contributed by atoms with van der Waals surface area (Å²) in [6.07, 6.45) is 9.00. The first-order valence-corrected chi connectivity index (χ1v) is 10.3. The zero-order chi connectivity index (χ0) is 17.9. The number of anilines is 1. The number of aryl methyl sites for hydroxylation is 1. The van der Waals surface area contributed by atoms with Crippen LogP contribution in [0.25, 0.3) is 0 Å². The highest BCUT2D eigenvalue weighted by Crippen LogP contribution is 2.55. The van der Waals surface area contributed by atoms with Crippen LogP contribution in [0.4, 0.5) is 5.69 Å². The van der Waals surface area contributed by atoms with Gasteiger partial charge in [0.05, 0.1) is 18.2 Å². The molecule has 4 aliphatic carbocycles. The molecule has 26 heavy (non-hydrogen) atoms. The predicted molar refractivity (Wildman–Crippen MR) is 101 cm³/mol. The first-order valence-electron chi connectivity index (χ1n) is 10.3. The van der Waals surface area contributed by atoms with Crippen molar-refractivity contribution in [2.45, 2.75) is 69.9 Å². The second kappa shape index (κ2) is 5.91. The van der Waals surface area contributed by atoms with Crippen molar-refractivity contribution in [3.8, 4) is 0 Å². The lowest BCUT2D eigenvalue weighted by molar-refractivity contribution is -0.122. The Labute approximate surface area is 155 Å². The van der Waals surface area contributed by atoms with Crippen LogP contribution in [-0.4, -0.2) is 23.4 Å². The molecule has 0 radical (unpaired) electrons. The molecule has 0 spiro atoms. The quantitative estimate of drug-likeness (QED) is 0.845. The molecule has 6 rings (SSSR count). The lowest BCUT2D eigenvalue weighted by atomic mass is 9.53. The van der Waals surface area contributed by atoms with Crippen LogP contribution in [0, 0.1) is 17.8 Å². The zero-order valence-corrected chi connectivity index (χ0v) is 15.5. The summed E-state index contributed by atoms with van der Waals surface area (Å²) in [5.74, 6) is 2.37. The summed E-state index contributed by atoms with van der Waals surface area (Å²) < 4.78 is 0. The molecule has 1 aromatic rings. The molecular formula is C22H28N2O2. The number of hydrogen-bond donors (Lipinski definition) is 1. The molecule has 4 heteroatoms. The summed E-state index contributed by atoms with van der Waals surface area (Å²) in [5, 5.41) is 3.71. The van der Waals surface area contributed by atoms with Gasteiger partial charge in [-0.25, -0.2) is 4.90 Å². The van der Waals surface area contributed by atoms with Crippen LogP contribution in [0.5, 0.6) is 0 Å². The van der Waals surface area contributed by atoms with E-state index in [1.165, 1.54) is 49.0 Å². The molecule has 4 nitrogen and oxygen atoms in total. The number of imide groups is 1. The molecule has 138 valence electrons. The zero-order valence-electron chi connectivity index (χ0n) is 15.5. The van der Waals surface area contributed by atoms with Gasteiger partial charge in [-0.05, 0) is 80.4 Å². The van der Waals surface area contributed by atoms with Crippen molar-refractivity contribution in [2.75, 3.05) is 4.90 Å². The molecule has 2 amide bonds. The molecule has 1 heterocycles. The number of hydrogen-bond acceptors (Lipinski definition) is 3. The van der Waals surface area contributed by atoms with Crippen LogP contribution in [0.1, 0.15) is 57.4 Å². The molecule has 4 bridgehead atoms. The van der Waals surface area contributed by atoms with E-state index in [0.717, 1.165) is 24.2 Å². The third-order valence-corrected chi connectivity index (χ3v) is 7.27. The van der Waals surface area contributed by atoms with Crippen molar-refractivity contribution < 1.29 is 9.59 Å². The fourth-order valence-corrected chi connectivity index (χ4v) is 6.55. The van der Waals surface area contributed by atoms with Gasteiger partial charge in [-0.3, -0.25) is 14.9 Å². The van der Waals surface area contributed by atoms with Gasteiger partial charge < -0.3 is 0 Å². The highest BCUT2D eigenvalue weighted by atomic mass is 16.2. The molecule has 0 aromatic heterocycles. The summed E-state index contributed by atoms with van der Waals surface area (Å²) in [5.41, 5.74) is 2.04. The largest absolute Gasteiger partial charge is 0.300 e.